The molecular formula is C23H50NO5P. The molecule has 7 heteroatoms. The molecule has 0 rings (SSSR count). The van der Waals surface area contributed by atoms with Gasteiger partial charge >= 0.3 is 0 Å². The number of unbranched alkanes of at least 4 members (excludes halogenated alkanes) is 11. The molecule has 0 aliphatic heterocycles. The lowest BCUT2D eigenvalue weighted by atomic mass is 10.1. The molecule has 0 aliphatic rings. The number of aliphatic hydroxyl groups excluding tert-OH is 1. The first kappa shape index (κ1) is 30.0. The van der Waals surface area contributed by atoms with Gasteiger partial charge in [-0.3, -0.25) is 0 Å². The van der Waals surface area contributed by atoms with Crippen molar-refractivity contribution >= 4 is 7.60 Å². The third-order valence-corrected chi connectivity index (χ3v) is 6.58. The molecule has 0 bridgehead atoms. The van der Waals surface area contributed by atoms with Crippen molar-refractivity contribution in [3.8, 4) is 0 Å². The van der Waals surface area contributed by atoms with Gasteiger partial charge in [-0.05, 0) is 6.42 Å². The largest absolute Gasteiger partial charge is 0.778 e. The lowest BCUT2D eigenvalue weighted by molar-refractivity contribution is -0.870. The van der Waals surface area contributed by atoms with Crippen LogP contribution in [-0.2, 0) is 13.8 Å². The van der Waals surface area contributed by atoms with Crippen LogP contribution in [0, 0.1) is 0 Å². The molecule has 0 radical (unpaired) electrons. The highest BCUT2D eigenvalue weighted by atomic mass is 31.2. The van der Waals surface area contributed by atoms with Crippen LogP contribution < -0.4 is 4.89 Å². The fourth-order valence-corrected chi connectivity index (χ4v) is 4.37. The third-order valence-electron chi connectivity index (χ3n) is 5.18. The molecule has 1 N–H and O–H groups in total. The molecule has 0 saturated carbocycles. The van der Waals surface area contributed by atoms with E-state index in [1.54, 1.807) is 0 Å². The molecule has 0 heterocycles. The molecule has 1 unspecified atom stereocenters. The van der Waals surface area contributed by atoms with Crippen molar-refractivity contribution in [1.29, 1.82) is 0 Å². The van der Waals surface area contributed by atoms with Gasteiger partial charge < -0.3 is 28.3 Å². The Kier molecular flexibility index (Phi) is 18.6. The van der Waals surface area contributed by atoms with Gasteiger partial charge in [0.1, 0.15) is 13.7 Å². The van der Waals surface area contributed by atoms with E-state index in [2.05, 4.69) is 6.92 Å². The van der Waals surface area contributed by atoms with Crippen LogP contribution >= 0.6 is 7.60 Å². The Bertz CT molecular complexity index is 428. The van der Waals surface area contributed by atoms with Crippen molar-refractivity contribution in [2.24, 2.45) is 0 Å². The molecule has 182 valence electrons. The molecule has 0 amide bonds. The predicted octanol–water partition coefficient (Wildman–Crippen LogP) is 4.73. The maximum absolute atomic E-state index is 11.9. The summed E-state index contributed by atoms with van der Waals surface area (Å²) < 4.78 is 23.0. The number of hydrogen-bond acceptors (Lipinski definition) is 5. The van der Waals surface area contributed by atoms with Crippen molar-refractivity contribution in [1.82, 2.24) is 0 Å². The zero-order valence-corrected chi connectivity index (χ0v) is 21.2. The maximum atomic E-state index is 11.9. The van der Waals surface area contributed by atoms with Gasteiger partial charge in [-0.15, -0.1) is 0 Å². The summed E-state index contributed by atoms with van der Waals surface area (Å²) in [5.41, 5.74) is 0. The molecular weight excluding hydrogens is 401 g/mol. The summed E-state index contributed by atoms with van der Waals surface area (Å²) in [6, 6.07) is 0. The Morgan fingerprint density at radius 2 is 1.33 bits per heavy atom. The first-order valence-electron chi connectivity index (χ1n) is 12.2. The second-order valence-corrected chi connectivity index (χ2v) is 11.5. The molecule has 0 saturated heterocycles. The van der Waals surface area contributed by atoms with Crippen LogP contribution in [0.3, 0.4) is 0 Å². The Balaban J connectivity index is 3.44. The average molecular weight is 452 g/mol. The van der Waals surface area contributed by atoms with Crippen LogP contribution in [0.1, 0.15) is 90.4 Å². The van der Waals surface area contributed by atoms with Crippen LogP contribution in [0.4, 0.5) is 0 Å². The smallest absolute Gasteiger partial charge is 0.135 e. The van der Waals surface area contributed by atoms with E-state index in [0.29, 0.717) is 13.0 Å². The summed E-state index contributed by atoms with van der Waals surface area (Å²) in [6.45, 7) is 3.53. The fraction of sp³-hybridized carbons (Fsp3) is 1.00. The van der Waals surface area contributed by atoms with Crippen LogP contribution in [0.25, 0.3) is 0 Å². The van der Waals surface area contributed by atoms with Crippen LogP contribution in [0.5, 0.6) is 0 Å². The molecule has 0 aromatic carbocycles. The number of rotatable bonds is 22. The molecule has 0 aromatic heterocycles. The fourth-order valence-electron chi connectivity index (χ4n) is 3.32. The van der Waals surface area contributed by atoms with Crippen molar-refractivity contribution in [3.05, 3.63) is 0 Å². The highest BCUT2D eigenvalue weighted by Crippen LogP contribution is 2.37. The summed E-state index contributed by atoms with van der Waals surface area (Å²) in [6.07, 6.45) is 15.2. The minimum absolute atomic E-state index is 0.00888. The van der Waals surface area contributed by atoms with Gasteiger partial charge in [0.15, 0.2) is 0 Å². The van der Waals surface area contributed by atoms with Crippen molar-refractivity contribution in [2.45, 2.75) is 96.5 Å². The normalized spacial score (nSPS) is 15.3. The van der Waals surface area contributed by atoms with Gasteiger partial charge in [0.25, 0.3) is 0 Å². The Hall–Kier alpha value is 0.0300. The predicted molar refractivity (Wildman–Crippen MR) is 124 cm³/mol. The van der Waals surface area contributed by atoms with E-state index >= 15 is 0 Å². The Morgan fingerprint density at radius 3 is 1.83 bits per heavy atom. The minimum Gasteiger partial charge on any atom is -0.778 e. The second-order valence-electron chi connectivity index (χ2n) is 9.62. The van der Waals surface area contributed by atoms with E-state index in [0.717, 1.165) is 23.9 Å². The zero-order chi connectivity index (χ0) is 22.7. The van der Waals surface area contributed by atoms with Gasteiger partial charge in [-0.25, -0.2) is 0 Å². The van der Waals surface area contributed by atoms with Crippen molar-refractivity contribution in [3.63, 3.8) is 0 Å². The van der Waals surface area contributed by atoms with Gasteiger partial charge in [0.2, 0.25) is 0 Å². The molecule has 0 spiro atoms. The highest BCUT2D eigenvalue weighted by Gasteiger charge is 2.15. The lowest BCUT2D eigenvalue weighted by Crippen LogP contribution is -2.36. The topological polar surface area (TPSA) is 78.8 Å². The van der Waals surface area contributed by atoms with E-state index in [9.17, 15) is 14.6 Å². The molecule has 2 atom stereocenters. The van der Waals surface area contributed by atoms with Crippen molar-refractivity contribution in [2.75, 3.05) is 53.7 Å². The number of aliphatic hydroxyl groups is 1. The van der Waals surface area contributed by atoms with Crippen LogP contribution in [0.2, 0.25) is 0 Å². The van der Waals surface area contributed by atoms with Crippen molar-refractivity contribution < 1.29 is 28.3 Å². The summed E-state index contributed by atoms with van der Waals surface area (Å²) in [7, 11) is 2.18. The molecule has 0 aliphatic carbocycles. The molecule has 6 nitrogen and oxygen atoms in total. The molecule has 0 aromatic rings. The number of hydrogen-bond donors (Lipinski definition) is 1. The number of nitrogens with zero attached hydrogens (tertiary/aromatic N) is 1. The summed E-state index contributed by atoms with van der Waals surface area (Å²) in [5.74, 6) is 0. The van der Waals surface area contributed by atoms with E-state index in [1.807, 2.05) is 21.1 Å². The maximum Gasteiger partial charge on any atom is 0.135 e. The highest BCUT2D eigenvalue weighted by molar-refractivity contribution is 7.51. The van der Waals surface area contributed by atoms with E-state index in [1.165, 1.54) is 64.2 Å². The van der Waals surface area contributed by atoms with Gasteiger partial charge in [0, 0.05) is 19.2 Å². The first-order valence-corrected chi connectivity index (χ1v) is 13.9. The first-order chi connectivity index (χ1) is 14.2. The Labute approximate surface area is 186 Å². The number of quaternary nitrogens is 1. The Morgan fingerprint density at radius 1 is 0.833 bits per heavy atom. The second kappa shape index (κ2) is 18.6. The van der Waals surface area contributed by atoms with Gasteiger partial charge in [0.05, 0.1) is 40.9 Å². The zero-order valence-electron chi connectivity index (χ0n) is 20.3. The number of ether oxygens (including phenoxy) is 1. The minimum atomic E-state index is -3.88. The summed E-state index contributed by atoms with van der Waals surface area (Å²) in [4.78, 5) is 11.9. The monoisotopic (exact) mass is 451 g/mol. The van der Waals surface area contributed by atoms with E-state index in [4.69, 9.17) is 9.26 Å². The average Bonchev–Trinajstić information content (AvgIpc) is 2.65. The van der Waals surface area contributed by atoms with Gasteiger partial charge in [-0.2, -0.15) is 0 Å². The summed E-state index contributed by atoms with van der Waals surface area (Å²) >= 11 is 0. The third kappa shape index (κ3) is 22.7. The van der Waals surface area contributed by atoms with Crippen LogP contribution in [-0.4, -0.2) is 69.4 Å². The van der Waals surface area contributed by atoms with E-state index < -0.39 is 13.7 Å². The molecule has 30 heavy (non-hydrogen) atoms. The van der Waals surface area contributed by atoms with Crippen LogP contribution in [0.15, 0.2) is 0 Å². The molecule has 0 fully saturated rings. The quantitative estimate of drug-likeness (QED) is 0.146. The SMILES string of the molecule is CCCCCCCCCCCCCCOC[C@H](O)COP(=O)([O-])CCC[N+](C)(C)C. The summed E-state index contributed by atoms with van der Waals surface area (Å²) in [5, 5.41) is 9.85. The lowest BCUT2D eigenvalue weighted by Gasteiger charge is -2.28. The van der Waals surface area contributed by atoms with Gasteiger partial charge in [-0.1, -0.05) is 77.6 Å². The standard InChI is InChI=1S/C23H50NO5P/c1-5-6-7-8-9-10-11-12-13-14-15-16-19-28-21-23(25)22-29-30(26,27)20-17-18-24(2,3)4/h23,25H,5-22H2,1-4H3/t23-/m0/s1. The van der Waals surface area contributed by atoms with E-state index in [-0.39, 0.29) is 19.4 Å².